The van der Waals surface area contributed by atoms with Crippen molar-refractivity contribution in [3.05, 3.63) is 36.0 Å². The number of hydrogen-bond acceptors (Lipinski definition) is 1. The van der Waals surface area contributed by atoms with E-state index in [9.17, 15) is 0 Å². The molecule has 1 fully saturated rings. The van der Waals surface area contributed by atoms with Crippen molar-refractivity contribution in [3.8, 4) is 0 Å². The summed E-state index contributed by atoms with van der Waals surface area (Å²) in [5.74, 6) is 1.91. The van der Waals surface area contributed by atoms with Crippen LogP contribution < -0.4 is 0 Å². The fraction of sp³-hybridized carbons (Fsp3) is 0.682. The molecule has 0 aromatic carbocycles. The third-order valence-corrected chi connectivity index (χ3v) is 4.01. The monoisotopic (exact) mass is 319 g/mol. The molecule has 0 amide bonds. The zero-order valence-electron chi connectivity index (χ0n) is 16.8. The largest absolute Gasteiger partial charge is 0.297 e. The zero-order valence-corrected chi connectivity index (χ0v) is 16.8. The second-order valence-corrected chi connectivity index (χ2v) is 6.56. The molecule has 1 saturated carbocycles. The van der Waals surface area contributed by atoms with Crippen molar-refractivity contribution in [3.63, 3.8) is 0 Å². The van der Waals surface area contributed by atoms with Gasteiger partial charge in [-0.25, -0.2) is 0 Å². The Labute approximate surface area is 146 Å². The van der Waals surface area contributed by atoms with E-state index in [1.54, 1.807) is 7.05 Å². The fourth-order valence-electron chi connectivity index (χ4n) is 1.68. The highest BCUT2D eigenvalue weighted by atomic mass is 14.6. The lowest BCUT2D eigenvalue weighted by Crippen LogP contribution is -2.09. The molecule has 0 spiro atoms. The Bertz CT molecular complexity index is 337. The van der Waals surface area contributed by atoms with E-state index in [0.717, 1.165) is 11.8 Å². The molecule has 0 aromatic rings. The first-order valence-corrected chi connectivity index (χ1v) is 9.34. The van der Waals surface area contributed by atoms with Crippen LogP contribution in [0.3, 0.4) is 0 Å². The Balaban J connectivity index is 0. The average molecular weight is 320 g/mol. The molecule has 0 bridgehead atoms. The molecule has 0 saturated heterocycles. The van der Waals surface area contributed by atoms with E-state index in [4.69, 9.17) is 0 Å². The molecule has 0 heterocycles. The topological polar surface area (TPSA) is 12.4 Å². The number of nitrogens with zero attached hydrogens (tertiary/aromatic N) is 1. The summed E-state index contributed by atoms with van der Waals surface area (Å²) >= 11 is 0. The van der Waals surface area contributed by atoms with Crippen LogP contribution in [0.2, 0.25) is 0 Å². The van der Waals surface area contributed by atoms with Crippen molar-refractivity contribution in [2.45, 2.75) is 80.1 Å². The van der Waals surface area contributed by atoms with E-state index in [0.29, 0.717) is 0 Å². The van der Waals surface area contributed by atoms with E-state index < -0.39 is 0 Å². The van der Waals surface area contributed by atoms with Crippen LogP contribution in [0.4, 0.5) is 0 Å². The fourth-order valence-corrected chi connectivity index (χ4v) is 1.68. The van der Waals surface area contributed by atoms with Gasteiger partial charge in [-0.1, -0.05) is 76.3 Å². The van der Waals surface area contributed by atoms with Crippen LogP contribution in [0.1, 0.15) is 80.1 Å². The van der Waals surface area contributed by atoms with Crippen molar-refractivity contribution in [2.75, 3.05) is 7.05 Å². The van der Waals surface area contributed by atoms with Gasteiger partial charge in [0.1, 0.15) is 0 Å². The van der Waals surface area contributed by atoms with Crippen LogP contribution in [0.25, 0.3) is 0 Å². The Kier molecular flexibility index (Phi) is 19.9. The number of hydrogen-bond donors (Lipinski definition) is 0. The summed E-state index contributed by atoms with van der Waals surface area (Å²) in [5.41, 5.74) is 1.35. The van der Waals surface area contributed by atoms with Crippen LogP contribution in [-0.2, 0) is 0 Å². The van der Waals surface area contributed by atoms with Crippen molar-refractivity contribution in [1.29, 1.82) is 0 Å². The predicted octanol–water partition coefficient (Wildman–Crippen LogP) is 7.40. The molecular weight excluding hydrogens is 278 g/mol. The first-order chi connectivity index (χ1) is 11.0. The van der Waals surface area contributed by atoms with Gasteiger partial charge >= 0.3 is 0 Å². The summed E-state index contributed by atoms with van der Waals surface area (Å²) < 4.78 is 0. The first-order valence-electron chi connectivity index (χ1n) is 9.34. The van der Waals surface area contributed by atoms with E-state index in [-0.39, 0.29) is 0 Å². The number of allylic oxidation sites excluding steroid dienone is 6. The van der Waals surface area contributed by atoms with Gasteiger partial charge in [-0.3, -0.25) is 4.99 Å². The number of rotatable bonds is 6. The summed E-state index contributed by atoms with van der Waals surface area (Å²) in [5, 5.41) is 0. The van der Waals surface area contributed by atoms with E-state index in [2.05, 4.69) is 44.8 Å². The number of aliphatic imine (C=N–C) groups is 1. The molecule has 0 N–H and O–H groups in total. The highest BCUT2D eigenvalue weighted by Crippen LogP contribution is 2.30. The Morgan fingerprint density at radius 2 is 1.74 bits per heavy atom. The maximum atomic E-state index is 3.90. The molecule has 1 heteroatoms. The van der Waals surface area contributed by atoms with Gasteiger partial charge in [0.2, 0.25) is 0 Å². The van der Waals surface area contributed by atoms with E-state index >= 15 is 0 Å². The minimum Gasteiger partial charge on any atom is -0.297 e. The quantitative estimate of drug-likeness (QED) is 0.274. The van der Waals surface area contributed by atoms with Crippen molar-refractivity contribution in [1.82, 2.24) is 0 Å². The third kappa shape index (κ3) is 20.9. The smallest absolute Gasteiger partial charge is 0.0277 e. The zero-order chi connectivity index (χ0) is 17.9. The Morgan fingerprint density at radius 1 is 1.17 bits per heavy atom. The van der Waals surface area contributed by atoms with Gasteiger partial charge in [0.25, 0.3) is 0 Å². The highest BCUT2D eigenvalue weighted by molar-refractivity contribution is 5.71. The van der Waals surface area contributed by atoms with Crippen LogP contribution in [0, 0.1) is 11.8 Å². The first kappa shape index (κ1) is 24.1. The van der Waals surface area contributed by atoms with E-state index in [1.807, 2.05) is 38.3 Å². The minimum atomic E-state index is 0.884. The van der Waals surface area contributed by atoms with Crippen LogP contribution >= 0.6 is 0 Å². The molecule has 0 radical (unpaired) electrons. The molecule has 0 atom stereocenters. The second-order valence-electron chi connectivity index (χ2n) is 6.56. The molecule has 134 valence electrons. The average Bonchev–Trinajstić information content (AvgIpc) is 2.51. The molecule has 0 aliphatic heterocycles. The summed E-state index contributed by atoms with van der Waals surface area (Å²) in [6, 6.07) is 0. The Morgan fingerprint density at radius 3 is 2.09 bits per heavy atom. The summed E-state index contributed by atoms with van der Waals surface area (Å²) in [7, 11) is 1.79. The maximum Gasteiger partial charge on any atom is 0.0277 e. The van der Waals surface area contributed by atoms with E-state index in [1.165, 1.54) is 44.1 Å². The lowest BCUT2D eigenvalue weighted by molar-refractivity contribution is 0.298. The highest BCUT2D eigenvalue weighted by Gasteiger charge is 2.15. The molecule has 1 rings (SSSR count). The molecule has 0 unspecified atom stereocenters. The predicted molar refractivity (Wildman–Crippen MR) is 110 cm³/mol. The Hall–Kier alpha value is -1.11. The van der Waals surface area contributed by atoms with Gasteiger partial charge in [-0.15, -0.1) is 0 Å². The molecule has 0 aromatic heterocycles. The minimum absolute atomic E-state index is 0.884. The van der Waals surface area contributed by atoms with Gasteiger partial charge in [0, 0.05) is 13.3 Å². The van der Waals surface area contributed by atoms with Gasteiger partial charge in [-0.05, 0) is 51.5 Å². The maximum absolute atomic E-state index is 3.90. The van der Waals surface area contributed by atoms with Gasteiger partial charge < -0.3 is 0 Å². The summed E-state index contributed by atoms with van der Waals surface area (Å²) in [4.78, 5) is 3.90. The summed E-state index contributed by atoms with van der Waals surface area (Å²) in [6.07, 6.45) is 20.6. The van der Waals surface area contributed by atoms with Gasteiger partial charge in [-0.2, -0.15) is 0 Å². The molecular formula is C22H41N. The molecule has 1 aliphatic carbocycles. The molecule has 1 nitrogen and oxygen atoms in total. The van der Waals surface area contributed by atoms with Crippen molar-refractivity contribution < 1.29 is 0 Å². The third-order valence-electron chi connectivity index (χ3n) is 4.01. The van der Waals surface area contributed by atoms with Crippen LogP contribution in [0.15, 0.2) is 40.9 Å². The lowest BCUT2D eigenvalue weighted by Gasteiger charge is -2.24. The lowest BCUT2D eigenvalue weighted by atomic mass is 9.82. The van der Waals surface area contributed by atoms with Crippen molar-refractivity contribution >= 4 is 6.21 Å². The van der Waals surface area contributed by atoms with Crippen LogP contribution in [-0.4, -0.2) is 13.3 Å². The second kappa shape index (κ2) is 18.9. The van der Waals surface area contributed by atoms with Gasteiger partial charge in [0.05, 0.1) is 0 Å². The SMILES string of the molecule is C/C=C\C.CCC(C)C.CN=C/C=C\C(C)=C\CCC1CCC1. The molecule has 1 aliphatic rings. The molecule has 23 heavy (non-hydrogen) atoms. The standard InChI is InChI=1S/C13H21N.C5H12.C4H8/c1-12(7-5-11-14-2)6-3-8-13-9-4-10-13;1-4-5(2)3;1-3-4-2/h5-7,11,13H,3-4,8-10H2,1-2H3;5H,4H2,1-3H3;3-4H,1-2H3/b7-5-,12-6+,14-11?;;4-3-. The summed E-state index contributed by atoms with van der Waals surface area (Å²) in [6.45, 7) is 12.8. The van der Waals surface area contributed by atoms with Gasteiger partial charge in [0.15, 0.2) is 0 Å². The normalized spacial score (nSPS) is 15.6. The van der Waals surface area contributed by atoms with Crippen LogP contribution in [0.5, 0.6) is 0 Å². The van der Waals surface area contributed by atoms with Crippen molar-refractivity contribution in [2.24, 2.45) is 16.8 Å².